The molecule has 0 amide bonds. The summed E-state index contributed by atoms with van der Waals surface area (Å²) < 4.78 is 5.05. The summed E-state index contributed by atoms with van der Waals surface area (Å²) in [6, 6.07) is 5.37. The average Bonchev–Trinajstić information content (AvgIpc) is 2.33. The number of nitrogens with one attached hydrogen (secondary N) is 1. The second-order valence-corrected chi connectivity index (χ2v) is 4.61. The Balaban J connectivity index is 2.76. The SMILES string of the molecule is CCCC(Nc1ccc(C)c(Cl)c1)C(=O)OCC. The number of hydrogen-bond acceptors (Lipinski definition) is 3. The lowest BCUT2D eigenvalue weighted by Crippen LogP contribution is -2.31. The first kappa shape index (κ1) is 14.8. The monoisotopic (exact) mass is 269 g/mol. The normalized spacial score (nSPS) is 12.0. The fourth-order valence-corrected chi connectivity index (χ4v) is 1.84. The third-order valence-corrected chi connectivity index (χ3v) is 3.07. The molecule has 0 saturated heterocycles. The summed E-state index contributed by atoms with van der Waals surface area (Å²) in [5.41, 5.74) is 1.86. The van der Waals surface area contributed by atoms with Gasteiger partial charge in [0, 0.05) is 10.7 Å². The minimum absolute atomic E-state index is 0.212. The van der Waals surface area contributed by atoms with Gasteiger partial charge in [-0.1, -0.05) is 31.0 Å². The van der Waals surface area contributed by atoms with Crippen molar-refractivity contribution in [3.8, 4) is 0 Å². The summed E-state index contributed by atoms with van der Waals surface area (Å²) in [4.78, 5) is 11.8. The van der Waals surface area contributed by atoms with E-state index in [0.29, 0.717) is 11.6 Å². The van der Waals surface area contributed by atoms with Crippen molar-refractivity contribution in [2.45, 2.75) is 39.7 Å². The number of rotatable bonds is 6. The van der Waals surface area contributed by atoms with E-state index < -0.39 is 0 Å². The highest BCUT2D eigenvalue weighted by molar-refractivity contribution is 6.31. The second-order valence-electron chi connectivity index (χ2n) is 4.20. The van der Waals surface area contributed by atoms with E-state index in [1.807, 2.05) is 39.0 Å². The van der Waals surface area contributed by atoms with E-state index in [0.717, 1.165) is 24.1 Å². The molecule has 0 aliphatic carbocycles. The number of hydrogen-bond donors (Lipinski definition) is 1. The van der Waals surface area contributed by atoms with E-state index in [1.165, 1.54) is 0 Å². The Morgan fingerprint density at radius 1 is 1.44 bits per heavy atom. The highest BCUT2D eigenvalue weighted by Gasteiger charge is 2.18. The van der Waals surface area contributed by atoms with Gasteiger partial charge in [-0.05, 0) is 38.0 Å². The Hall–Kier alpha value is -1.22. The van der Waals surface area contributed by atoms with Crippen LogP contribution in [-0.4, -0.2) is 18.6 Å². The molecule has 1 aromatic carbocycles. The molecule has 0 saturated carbocycles. The quantitative estimate of drug-likeness (QED) is 0.799. The average molecular weight is 270 g/mol. The van der Waals surface area contributed by atoms with E-state index in [1.54, 1.807) is 0 Å². The highest BCUT2D eigenvalue weighted by atomic mass is 35.5. The maximum atomic E-state index is 11.8. The first-order valence-electron chi connectivity index (χ1n) is 6.27. The van der Waals surface area contributed by atoms with Gasteiger partial charge in [0.15, 0.2) is 0 Å². The largest absolute Gasteiger partial charge is 0.464 e. The fraction of sp³-hybridized carbons (Fsp3) is 0.500. The lowest BCUT2D eigenvalue weighted by molar-refractivity contribution is -0.144. The second kappa shape index (κ2) is 7.27. The van der Waals surface area contributed by atoms with E-state index in [4.69, 9.17) is 16.3 Å². The minimum Gasteiger partial charge on any atom is -0.464 e. The number of ether oxygens (including phenoxy) is 1. The molecule has 0 bridgehead atoms. The number of benzene rings is 1. The number of esters is 1. The zero-order valence-corrected chi connectivity index (χ0v) is 11.9. The van der Waals surface area contributed by atoms with Crippen molar-refractivity contribution in [2.75, 3.05) is 11.9 Å². The summed E-state index contributed by atoms with van der Waals surface area (Å²) in [7, 11) is 0. The van der Waals surface area contributed by atoms with Crippen molar-refractivity contribution in [1.29, 1.82) is 0 Å². The van der Waals surface area contributed by atoms with Gasteiger partial charge >= 0.3 is 5.97 Å². The van der Waals surface area contributed by atoms with E-state index in [2.05, 4.69) is 5.32 Å². The molecule has 0 aromatic heterocycles. The molecule has 0 radical (unpaired) electrons. The van der Waals surface area contributed by atoms with Crippen LogP contribution in [-0.2, 0) is 9.53 Å². The number of carbonyl (C=O) groups is 1. The third-order valence-electron chi connectivity index (χ3n) is 2.66. The van der Waals surface area contributed by atoms with Crippen molar-refractivity contribution in [3.63, 3.8) is 0 Å². The van der Waals surface area contributed by atoms with Crippen LogP contribution >= 0.6 is 11.6 Å². The van der Waals surface area contributed by atoms with Crippen molar-refractivity contribution >= 4 is 23.3 Å². The predicted octanol–water partition coefficient (Wildman–Crippen LogP) is 3.79. The van der Waals surface area contributed by atoms with Gasteiger partial charge in [-0.3, -0.25) is 0 Å². The van der Waals surface area contributed by atoms with Crippen LogP contribution < -0.4 is 5.32 Å². The van der Waals surface area contributed by atoms with Crippen molar-refractivity contribution in [3.05, 3.63) is 28.8 Å². The molecular formula is C14H20ClNO2. The molecule has 0 aliphatic rings. The first-order chi connectivity index (χ1) is 8.58. The van der Waals surface area contributed by atoms with Gasteiger partial charge in [0.25, 0.3) is 0 Å². The molecule has 1 atom stereocenters. The van der Waals surface area contributed by atoms with Crippen LogP contribution in [0.2, 0.25) is 5.02 Å². The molecule has 1 N–H and O–H groups in total. The Labute approximate surface area is 113 Å². The van der Waals surface area contributed by atoms with Gasteiger partial charge in [0.05, 0.1) is 6.61 Å². The third kappa shape index (κ3) is 4.22. The summed E-state index contributed by atoms with van der Waals surface area (Å²) in [5.74, 6) is -0.212. The summed E-state index contributed by atoms with van der Waals surface area (Å²) in [5, 5.41) is 3.87. The van der Waals surface area contributed by atoms with Gasteiger partial charge in [-0.25, -0.2) is 4.79 Å². The number of anilines is 1. The topological polar surface area (TPSA) is 38.3 Å². The molecule has 0 fully saturated rings. The molecule has 18 heavy (non-hydrogen) atoms. The van der Waals surface area contributed by atoms with Crippen LogP contribution in [0, 0.1) is 6.92 Å². The number of aryl methyl sites for hydroxylation is 1. The molecule has 0 heterocycles. The van der Waals surface area contributed by atoms with Gasteiger partial charge in [0.1, 0.15) is 6.04 Å². The molecular weight excluding hydrogens is 250 g/mol. The van der Waals surface area contributed by atoms with Crippen LogP contribution in [0.3, 0.4) is 0 Å². The zero-order chi connectivity index (χ0) is 13.5. The Morgan fingerprint density at radius 3 is 2.72 bits per heavy atom. The Morgan fingerprint density at radius 2 is 2.17 bits per heavy atom. The van der Waals surface area contributed by atoms with Crippen LogP contribution in [0.1, 0.15) is 32.3 Å². The van der Waals surface area contributed by atoms with Crippen LogP contribution in [0.15, 0.2) is 18.2 Å². The van der Waals surface area contributed by atoms with E-state index >= 15 is 0 Å². The van der Waals surface area contributed by atoms with Gasteiger partial charge in [-0.15, -0.1) is 0 Å². The van der Waals surface area contributed by atoms with E-state index in [9.17, 15) is 4.79 Å². The fourth-order valence-electron chi connectivity index (χ4n) is 1.66. The minimum atomic E-state index is -0.311. The Bertz CT molecular complexity index is 407. The van der Waals surface area contributed by atoms with E-state index in [-0.39, 0.29) is 12.0 Å². The molecule has 100 valence electrons. The lowest BCUT2D eigenvalue weighted by Gasteiger charge is -2.18. The number of carbonyl (C=O) groups excluding carboxylic acids is 1. The summed E-state index contributed by atoms with van der Waals surface area (Å²) >= 11 is 6.06. The Kier molecular flexibility index (Phi) is 5.99. The zero-order valence-electron chi connectivity index (χ0n) is 11.1. The van der Waals surface area contributed by atoms with Crippen LogP contribution in [0.25, 0.3) is 0 Å². The molecule has 4 heteroatoms. The molecule has 1 aromatic rings. The predicted molar refractivity (Wildman–Crippen MR) is 75.1 cm³/mol. The van der Waals surface area contributed by atoms with Gasteiger partial charge < -0.3 is 10.1 Å². The summed E-state index contributed by atoms with van der Waals surface area (Å²) in [6.07, 6.45) is 1.65. The van der Waals surface area contributed by atoms with Crippen molar-refractivity contribution in [1.82, 2.24) is 0 Å². The number of halogens is 1. The molecule has 1 unspecified atom stereocenters. The van der Waals surface area contributed by atoms with Gasteiger partial charge in [0.2, 0.25) is 0 Å². The molecule has 3 nitrogen and oxygen atoms in total. The van der Waals surface area contributed by atoms with Gasteiger partial charge in [-0.2, -0.15) is 0 Å². The maximum absolute atomic E-state index is 11.8. The lowest BCUT2D eigenvalue weighted by atomic mass is 10.1. The van der Waals surface area contributed by atoms with Crippen molar-refractivity contribution < 1.29 is 9.53 Å². The van der Waals surface area contributed by atoms with Crippen LogP contribution in [0.4, 0.5) is 5.69 Å². The standard InChI is InChI=1S/C14H20ClNO2/c1-4-6-13(14(17)18-5-2)16-11-8-7-10(3)12(15)9-11/h7-9,13,16H,4-6H2,1-3H3. The molecule has 0 aliphatic heterocycles. The molecule has 0 spiro atoms. The van der Waals surface area contributed by atoms with Crippen LogP contribution in [0.5, 0.6) is 0 Å². The smallest absolute Gasteiger partial charge is 0.328 e. The summed E-state index contributed by atoms with van der Waals surface area (Å²) in [6.45, 7) is 6.19. The van der Waals surface area contributed by atoms with Crippen molar-refractivity contribution in [2.24, 2.45) is 0 Å². The molecule has 1 rings (SSSR count). The highest BCUT2D eigenvalue weighted by Crippen LogP contribution is 2.21. The maximum Gasteiger partial charge on any atom is 0.328 e. The first-order valence-corrected chi connectivity index (χ1v) is 6.65.